The number of carbonyl (C=O) groups is 1. The van der Waals surface area contributed by atoms with E-state index in [2.05, 4.69) is 21.6 Å². The van der Waals surface area contributed by atoms with Crippen molar-refractivity contribution in [3.8, 4) is 0 Å². The minimum Gasteiger partial charge on any atom is -0.382 e. The predicted octanol–water partition coefficient (Wildman–Crippen LogP) is 1.61. The van der Waals surface area contributed by atoms with Gasteiger partial charge in [0.1, 0.15) is 11.5 Å². The first kappa shape index (κ1) is 11.7. The van der Waals surface area contributed by atoms with Gasteiger partial charge in [-0.1, -0.05) is 11.6 Å². The van der Waals surface area contributed by atoms with Crippen LogP contribution in [0.25, 0.3) is 0 Å². The standard InChI is InChI=1S/C12H18N4O/c13-11-8-10(15-16-11)12(17)14-7-6-9-4-2-1-3-5-9/h4,8H,1-3,5-7H2,(H,14,17)(H3,13,15,16). The minimum atomic E-state index is -0.148. The number of carbonyl (C=O) groups excluding carboxylic acids is 1. The maximum atomic E-state index is 11.6. The molecular weight excluding hydrogens is 216 g/mol. The molecule has 0 bridgehead atoms. The van der Waals surface area contributed by atoms with E-state index >= 15 is 0 Å². The summed E-state index contributed by atoms with van der Waals surface area (Å²) in [4.78, 5) is 11.6. The highest BCUT2D eigenvalue weighted by Crippen LogP contribution is 2.19. The smallest absolute Gasteiger partial charge is 0.269 e. The van der Waals surface area contributed by atoms with E-state index in [0.29, 0.717) is 18.1 Å². The van der Waals surface area contributed by atoms with E-state index in [1.54, 1.807) is 0 Å². The molecule has 1 aromatic heterocycles. The van der Waals surface area contributed by atoms with Crippen LogP contribution in [-0.4, -0.2) is 22.6 Å². The van der Waals surface area contributed by atoms with Crippen LogP contribution in [0, 0.1) is 0 Å². The third kappa shape index (κ3) is 3.34. The van der Waals surface area contributed by atoms with Crippen molar-refractivity contribution in [1.29, 1.82) is 0 Å². The fraction of sp³-hybridized carbons (Fsp3) is 0.500. The fourth-order valence-corrected chi connectivity index (χ4v) is 2.02. The summed E-state index contributed by atoms with van der Waals surface area (Å²) in [5, 5.41) is 9.16. The summed E-state index contributed by atoms with van der Waals surface area (Å²) in [6.45, 7) is 0.670. The van der Waals surface area contributed by atoms with Crippen molar-refractivity contribution in [2.75, 3.05) is 12.3 Å². The molecule has 0 saturated carbocycles. The number of aromatic amines is 1. The average molecular weight is 234 g/mol. The van der Waals surface area contributed by atoms with Gasteiger partial charge >= 0.3 is 0 Å². The molecule has 0 spiro atoms. The molecule has 0 saturated heterocycles. The van der Waals surface area contributed by atoms with Crippen molar-refractivity contribution < 1.29 is 4.79 Å². The Hall–Kier alpha value is -1.78. The Kier molecular flexibility index (Phi) is 3.80. The van der Waals surface area contributed by atoms with Crippen LogP contribution in [-0.2, 0) is 0 Å². The Morgan fingerprint density at radius 1 is 1.53 bits per heavy atom. The van der Waals surface area contributed by atoms with Gasteiger partial charge in [-0.15, -0.1) is 0 Å². The van der Waals surface area contributed by atoms with Crippen LogP contribution in [0.3, 0.4) is 0 Å². The predicted molar refractivity (Wildman–Crippen MR) is 66.5 cm³/mol. The molecule has 0 aromatic carbocycles. The monoisotopic (exact) mass is 234 g/mol. The van der Waals surface area contributed by atoms with Gasteiger partial charge in [0.15, 0.2) is 0 Å². The van der Waals surface area contributed by atoms with E-state index in [1.807, 2.05) is 0 Å². The van der Waals surface area contributed by atoms with E-state index in [-0.39, 0.29) is 5.91 Å². The van der Waals surface area contributed by atoms with Gasteiger partial charge < -0.3 is 11.1 Å². The summed E-state index contributed by atoms with van der Waals surface area (Å²) in [6, 6.07) is 1.54. The molecule has 1 aliphatic carbocycles. The van der Waals surface area contributed by atoms with Crippen molar-refractivity contribution >= 4 is 11.7 Å². The fourth-order valence-electron chi connectivity index (χ4n) is 2.02. The highest BCUT2D eigenvalue weighted by Gasteiger charge is 2.08. The number of nitrogens with two attached hydrogens (primary N) is 1. The molecule has 2 rings (SSSR count). The van der Waals surface area contributed by atoms with Crippen molar-refractivity contribution in [2.24, 2.45) is 0 Å². The summed E-state index contributed by atoms with van der Waals surface area (Å²) in [7, 11) is 0. The van der Waals surface area contributed by atoms with Crippen LogP contribution >= 0.6 is 0 Å². The Morgan fingerprint density at radius 2 is 2.41 bits per heavy atom. The number of allylic oxidation sites excluding steroid dienone is 1. The largest absolute Gasteiger partial charge is 0.382 e. The third-order valence-electron chi connectivity index (χ3n) is 2.96. The number of aromatic nitrogens is 2. The van der Waals surface area contributed by atoms with Crippen molar-refractivity contribution in [3.63, 3.8) is 0 Å². The molecular formula is C12H18N4O. The molecule has 5 nitrogen and oxygen atoms in total. The molecule has 92 valence electrons. The Morgan fingerprint density at radius 3 is 3.06 bits per heavy atom. The summed E-state index contributed by atoms with van der Waals surface area (Å²) in [6.07, 6.45) is 8.16. The molecule has 0 aliphatic heterocycles. The summed E-state index contributed by atoms with van der Waals surface area (Å²) >= 11 is 0. The van der Waals surface area contributed by atoms with Gasteiger partial charge in [0.05, 0.1) is 0 Å². The number of hydrogen-bond donors (Lipinski definition) is 3. The van der Waals surface area contributed by atoms with Gasteiger partial charge in [-0.25, -0.2) is 0 Å². The lowest BCUT2D eigenvalue weighted by molar-refractivity contribution is 0.0949. The number of amides is 1. The SMILES string of the molecule is Nc1cc(C(=O)NCCC2=CCCCC2)[nH]n1. The third-order valence-corrected chi connectivity index (χ3v) is 2.96. The zero-order chi connectivity index (χ0) is 12.1. The molecule has 4 N–H and O–H groups in total. The number of hydrogen-bond acceptors (Lipinski definition) is 3. The van der Waals surface area contributed by atoms with Crippen molar-refractivity contribution in [3.05, 3.63) is 23.4 Å². The summed E-state index contributed by atoms with van der Waals surface area (Å²) in [5.74, 6) is 0.191. The van der Waals surface area contributed by atoms with Crippen LogP contribution in [0.15, 0.2) is 17.7 Å². The second-order valence-electron chi connectivity index (χ2n) is 4.32. The Bertz CT molecular complexity index is 422. The normalized spacial score (nSPS) is 15.4. The van der Waals surface area contributed by atoms with Gasteiger partial charge in [0.25, 0.3) is 5.91 Å². The molecule has 0 atom stereocenters. The Balaban J connectivity index is 1.75. The molecule has 17 heavy (non-hydrogen) atoms. The van der Waals surface area contributed by atoms with Crippen molar-refractivity contribution in [1.82, 2.24) is 15.5 Å². The first-order valence-corrected chi connectivity index (χ1v) is 6.02. The van der Waals surface area contributed by atoms with Gasteiger partial charge in [-0.3, -0.25) is 9.89 Å². The maximum absolute atomic E-state index is 11.6. The molecule has 1 aliphatic rings. The number of nitrogens with one attached hydrogen (secondary N) is 2. The number of anilines is 1. The maximum Gasteiger partial charge on any atom is 0.269 e. The number of H-pyrrole nitrogens is 1. The first-order chi connectivity index (χ1) is 8.25. The number of rotatable bonds is 4. The van der Waals surface area contributed by atoms with Gasteiger partial charge in [0, 0.05) is 12.6 Å². The molecule has 5 heteroatoms. The van der Waals surface area contributed by atoms with E-state index in [9.17, 15) is 4.79 Å². The second-order valence-corrected chi connectivity index (χ2v) is 4.32. The van der Waals surface area contributed by atoms with Crippen LogP contribution < -0.4 is 11.1 Å². The quantitative estimate of drug-likeness (QED) is 0.692. The molecule has 1 amide bonds. The van der Waals surface area contributed by atoms with E-state index in [0.717, 1.165) is 6.42 Å². The van der Waals surface area contributed by atoms with Crippen LogP contribution in [0.4, 0.5) is 5.82 Å². The van der Waals surface area contributed by atoms with Crippen LogP contribution in [0.5, 0.6) is 0 Å². The number of nitrogens with zero attached hydrogens (tertiary/aromatic N) is 1. The first-order valence-electron chi connectivity index (χ1n) is 6.02. The average Bonchev–Trinajstić information content (AvgIpc) is 2.77. The number of nitrogen functional groups attached to an aromatic ring is 1. The minimum absolute atomic E-state index is 0.148. The van der Waals surface area contributed by atoms with E-state index in [4.69, 9.17) is 5.73 Å². The van der Waals surface area contributed by atoms with E-state index in [1.165, 1.54) is 37.3 Å². The zero-order valence-electron chi connectivity index (χ0n) is 9.83. The van der Waals surface area contributed by atoms with Crippen molar-refractivity contribution in [2.45, 2.75) is 32.1 Å². The molecule has 0 fully saturated rings. The molecule has 1 heterocycles. The highest BCUT2D eigenvalue weighted by molar-refractivity contribution is 5.92. The lowest BCUT2D eigenvalue weighted by Crippen LogP contribution is -2.25. The van der Waals surface area contributed by atoms with E-state index < -0.39 is 0 Å². The topological polar surface area (TPSA) is 83.8 Å². The van der Waals surface area contributed by atoms with Gasteiger partial charge in [0.2, 0.25) is 0 Å². The summed E-state index contributed by atoms with van der Waals surface area (Å²) < 4.78 is 0. The highest BCUT2D eigenvalue weighted by atomic mass is 16.1. The zero-order valence-corrected chi connectivity index (χ0v) is 9.83. The van der Waals surface area contributed by atoms with Gasteiger partial charge in [-0.2, -0.15) is 5.10 Å². The molecule has 1 aromatic rings. The van der Waals surface area contributed by atoms with Crippen LogP contribution in [0.2, 0.25) is 0 Å². The van der Waals surface area contributed by atoms with Crippen LogP contribution in [0.1, 0.15) is 42.6 Å². The Labute approximate surface area is 100 Å². The summed E-state index contributed by atoms with van der Waals surface area (Å²) in [5.41, 5.74) is 7.31. The molecule has 0 radical (unpaired) electrons. The second kappa shape index (κ2) is 5.52. The lowest BCUT2D eigenvalue weighted by atomic mass is 9.97. The lowest BCUT2D eigenvalue weighted by Gasteiger charge is -2.12. The van der Waals surface area contributed by atoms with Gasteiger partial charge in [-0.05, 0) is 32.1 Å². The molecule has 0 unspecified atom stereocenters.